The summed E-state index contributed by atoms with van der Waals surface area (Å²) in [5, 5.41) is 0. The summed E-state index contributed by atoms with van der Waals surface area (Å²) in [5.41, 5.74) is 4.71. The first kappa shape index (κ1) is 23.6. The van der Waals surface area contributed by atoms with E-state index in [1.807, 2.05) is 0 Å². The Labute approximate surface area is 187 Å². The van der Waals surface area contributed by atoms with Gasteiger partial charge in [0, 0.05) is 0 Å². The monoisotopic (exact) mass is 408 g/mol. The molecule has 0 bridgehead atoms. The fraction of sp³-hybridized carbons (Fsp3) is 0.733. The highest BCUT2D eigenvalue weighted by atomic mass is 14.3. The molecule has 1 aromatic rings. The minimum absolute atomic E-state index is 0.818. The van der Waals surface area contributed by atoms with E-state index < -0.39 is 0 Å². The second kappa shape index (κ2) is 13.4. The predicted octanol–water partition coefficient (Wildman–Crippen LogP) is 10.1. The fourth-order valence-corrected chi connectivity index (χ4v) is 5.89. The van der Waals surface area contributed by atoms with Crippen molar-refractivity contribution in [3.63, 3.8) is 0 Å². The Balaban J connectivity index is 1.40. The van der Waals surface area contributed by atoms with Crippen molar-refractivity contribution in [1.82, 2.24) is 0 Å². The van der Waals surface area contributed by atoms with Gasteiger partial charge in [-0.15, -0.1) is 0 Å². The first-order valence-electron chi connectivity index (χ1n) is 13.6. The van der Waals surface area contributed by atoms with Gasteiger partial charge in [0.15, 0.2) is 0 Å². The Morgan fingerprint density at radius 3 is 1.97 bits per heavy atom. The molecule has 168 valence electrons. The van der Waals surface area contributed by atoms with Crippen LogP contribution >= 0.6 is 0 Å². The Kier molecular flexibility index (Phi) is 10.5. The molecule has 1 saturated carbocycles. The lowest BCUT2D eigenvalue weighted by atomic mass is 9.76. The van der Waals surface area contributed by atoms with Crippen LogP contribution in [-0.2, 0) is 0 Å². The topological polar surface area (TPSA) is 0 Å². The van der Waals surface area contributed by atoms with Crippen molar-refractivity contribution < 1.29 is 0 Å². The summed E-state index contributed by atoms with van der Waals surface area (Å²) < 4.78 is 0. The van der Waals surface area contributed by atoms with Crippen LogP contribution in [0.25, 0.3) is 5.57 Å². The molecule has 0 radical (unpaired) electrons. The van der Waals surface area contributed by atoms with E-state index in [-0.39, 0.29) is 0 Å². The highest BCUT2D eigenvalue weighted by Gasteiger charge is 2.22. The van der Waals surface area contributed by atoms with Gasteiger partial charge in [0.1, 0.15) is 0 Å². The summed E-state index contributed by atoms with van der Waals surface area (Å²) in [6, 6.07) is 9.77. The summed E-state index contributed by atoms with van der Waals surface area (Å²) in [5.74, 6) is 2.78. The van der Waals surface area contributed by atoms with Gasteiger partial charge < -0.3 is 0 Å². The number of benzene rings is 1. The van der Waals surface area contributed by atoms with E-state index >= 15 is 0 Å². The minimum Gasteiger partial charge on any atom is -0.0804 e. The average Bonchev–Trinajstić information content (AvgIpc) is 2.80. The second-order valence-corrected chi connectivity index (χ2v) is 10.4. The largest absolute Gasteiger partial charge is 0.0804 e. The van der Waals surface area contributed by atoms with E-state index in [2.05, 4.69) is 44.2 Å². The molecule has 3 rings (SSSR count). The normalized spacial score (nSPS) is 24.6. The lowest BCUT2D eigenvalue weighted by molar-refractivity contribution is 0.302. The lowest BCUT2D eigenvalue weighted by Crippen LogP contribution is -2.13. The summed E-state index contributed by atoms with van der Waals surface area (Å²) in [7, 11) is 0. The molecule has 0 amide bonds. The Hall–Kier alpha value is -1.04. The molecule has 0 aliphatic heterocycles. The molecule has 2 aliphatic rings. The van der Waals surface area contributed by atoms with Crippen LogP contribution in [0.2, 0.25) is 0 Å². The maximum atomic E-state index is 2.56. The molecule has 0 N–H and O–H groups in total. The fourth-order valence-electron chi connectivity index (χ4n) is 5.89. The molecular formula is C30H48. The SMILES string of the molecule is CCCCCCC[C@H]1CC[C@H](c2ccc(C3=CCC(CCCCC)CC3)cc2)CC1. The highest BCUT2D eigenvalue weighted by Crippen LogP contribution is 2.39. The van der Waals surface area contributed by atoms with Crippen molar-refractivity contribution >= 4 is 5.57 Å². The molecule has 30 heavy (non-hydrogen) atoms. The molecule has 0 aromatic heterocycles. The van der Waals surface area contributed by atoms with Crippen LogP contribution in [0.1, 0.15) is 140 Å². The third-order valence-corrected chi connectivity index (χ3v) is 8.05. The molecule has 1 aromatic carbocycles. The number of hydrogen-bond acceptors (Lipinski definition) is 0. The van der Waals surface area contributed by atoms with Gasteiger partial charge in [-0.1, -0.05) is 108 Å². The van der Waals surface area contributed by atoms with Crippen LogP contribution in [0, 0.1) is 11.8 Å². The standard InChI is InChI=1S/C30H48/c1-3-5-7-8-10-12-26-15-19-28(20-16-26)30-23-21-29(22-24-30)27-17-13-25(14-18-27)11-9-6-4-2/h17,21-26,28H,3-16,18-20H2,1-2H3/t25?,26-,28-. The molecule has 0 heteroatoms. The molecule has 0 spiro atoms. The maximum absolute atomic E-state index is 2.56. The van der Waals surface area contributed by atoms with Gasteiger partial charge >= 0.3 is 0 Å². The maximum Gasteiger partial charge on any atom is -0.0162 e. The molecule has 1 fully saturated rings. The van der Waals surface area contributed by atoms with Gasteiger partial charge in [-0.3, -0.25) is 0 Å². The highest BCUT2D eigenvalue weighted by molar-refractivity contribution is 5.66. The Bertz CT molecular complexity index is 599. The number of allylic oxidation sites excluding steroid dienone is 2. The first-order valence-corrected chi connectivity index (χ1v) is 13.6. The van der Waals surface area contributed by atoms with Crippen LogP contribution in [0.3, 0.4) is 0 Å². The molecule has 0 saturated heterocycles. The summed E-state index contributed by atoms with van der Waals surface area (Å²) >= 11 is 0. The quantitative estimate of drug-likeness (QED) is 0.302. The smallest absolute Gasteiger partial charge is 0.0162 e. The first-order chi connectivity index (χ1) is 14.8. The van der Waals surface area contributed by atoms with Crippen LogP contribution < -0.4 is 0 Å². The third-order valence-electron chi connectivity index (χ3n) is 8.05. The molecule has 0 nitrogen and oxygen atoms in total. The average molecular weight is 409 g/mol. The van der Waals surface area contributed by atoms with E-state index in [4.69, 9.17) is 0 Å². The zero-order valence-electron chi connectivity index (χ0n) is 20.1. The van der Waals surface area contributed by atoms with Crippen molar-refractivity contribution in [2.45, 2.75) is 129 Å². The van der Waals surface area contributed by atoms with Crippen molar-refractivity contribution in [1.29, 1.82) is 0 Å². The van der Waals surface area contributed by atoms with Gasteiger partial charge in [0.25, 0.3) is 0 Å². The molecular weight excluding hydrogens is 360 g/mol. The Morgan fingerprint density at radius 2 is 1.30 bits per heavy atom. The van der Waals surface area contributed by atoms with E-state index in [0.29, 0.717) is 0 Å². The number of rotatable bonds is 12. The third kappa shape index (κ3) is 7.58. The summed E-state index contributed by atoms with van der Waals surface area (Å²) in [6.07, 6.45) is 26.6. The van der Waals surface area contributed by atoms with Crippen molar-refractivity contribution in [2.75, 3.05) is 0 Å². The van der Waals surface area contributed by atoms with Gasteiger partial charge in [-0.2, -0.15) is 0 Å². The van der Waals surface area contributed by atoms with Crippen LogP contribution in [-0.4, -0.2) is 0 Å². The van der Waals surface area contributed by atoms with Crippen molar-refractivity contribution in [3.05, 3.63) is 41.5 Å². The van der Waals surface area contributed by atoms with Gasteiger partial charge in [-0.05, 0) is 79.4 Å². The lowest BCUT2D eigenvalue weighted by Gasteiger charge is -2.29. The minimum atomic E-state index is 0.818. The zero-order valence-corrected chi connectivity index (χ0v) is 20.1. The van der Waals surface area contributed by atoms with Crippen LogP contribution in [0.15, 0.2) is 30.3 Å². The predicted molar refractivity (Wildman–Crippen MR) is 134 cm³/mol. The van der Waals surface area contributed by atoms with Crippen molar-refractivity contribution in [3.8, 4) is 0 Å². The summed E-state index contributed by atoms with van der Waals surface area (Å²) in [4.78, 5) is 0. The Morgan fingerprint density at radius 1 is 0.667 bits per heavy atom. The number of unbranched alkanes of at least 4 members (excludes halogenated alkanes) is 6. The summed E-state index contributed by atoms with van der Waals surface area (Å²) in [6.45, 7) is 4.62. The molecule has 0 heterocycles. The van der Waals surface area contributed by atoms with Crippen molar-refractivity contribution in [2.24, 2.45) is 11.8 Å². The van der Waals surface area contributed by atoms with Gasteiger partial charge in [0.2, 0.25) is 0 Å². The molecule has 1 unspecified atom stereocenters. The van der Waals surface area contributed by atoms with E-state index in [1.54, 1.807) is 11.1 Å². The number of hydrogen-bond donors (Lipinski definition) is 0. The van der Waals surface area contributed by atoms with E-state index in [0.717, 1.165) is 17.8 Å². The zero-order chi connectivity index (χ0) is 21.0. The second-order valence-electron chi connectivity index (χ2n) is 10.4. The van der Waals surface area contributed by atoms with Gasteiger partial charge in [0.05, 0.1) is 0 Å². The van der Waals surface area contributed by atoms with Crippen LogP contribution in [0.5, 0.6) is 0 Å². The van der Waals surface area contributed by atoms with E-state index in [1.165, 1.54) is 115 Å². The van der Waals surface area contributed by atoms with E-state index in [9.17, 15) is 0 Å². The molecule has 2 aliphatic carbocycles. The van der Waals surface area contributed by atoms with Gasteiger partial charge in [-0.25, -0.2) is 0 Å². The molecule has 1 atom stereocenters. The van der Waals surface area contributed by atoms with Crippen LogP contribution in [0.4, 0.5) is 0 Å².